The quantitative estimate of drug-likeness (QED) is 0.320. The van der Waals surface area contributed by atoms with Gasteiger partial charge in [-0.2, -0.15) is 0 Å². The van der Waals surface area contributed by atoms with Gasteiger partial charge in [-0.25, -0.2) is 0 Å². The molecule has 0 saturated carbocycles. The van der Waals surface area contributed by atoms with Crippen LogP contribution in [0.25, 0.3) is 0 Å². The number of Topliss-reactive ketones (excluding diaryl/α,β-unsaturated/α-hetero) is 3. The smallest absolute Gasteiger partial charge is 0.206 e. The molecule has 7 nitrogen and oxygen atoms in total. The van der Waals surface area contributed by atoms with Crippen molar-refractivity contribution in [3.63, 3.8) is 0 Å². The van der Waals surface area contributed by atoms with Crippen LogP contribution in [0, 0.1) is 0 Å². The third kappa shape index (κ3) is 3.30. The largest absolute Gasteiger partial charge is 0.393 e. The summed E-state index contributed by atoms with van der Waals surface area (Å²) in [6, 6.07) is 22.5. The molecule has 1 aliphatic rings. The third-order valence-electron chi connectivity index (χ3n) is 6.14. The van der Waals surface area contributed by atoms with Crippen molar-refractivity contribution in [1.82, 2.24) is 0 Å². The zero-order valence-corrected chi connectivity index (χ0v) is 19.4. The Bertz CT molecular complexity index is 1220. The number of aliphatic hydroxyl groups excluding tert-OH is 1. The van der Waals surface area contributed by atoms with Crippen LogP contribution in [0.2, 0.25) is 0 Å². The van der Waals surface area contributed by atoms with E-state index in [0.717, 1.165) is 0 Å². The van der Waals surface area contributed by atoms with Gasteiger partial charge in [0.15, 0.2) is 10.6 Å². The van der Waals surface area contributed by atoms with Gasteiger partial charge in [0.05, 0.1) is 6.61 Å². The van der Waals surface area contributed by atoms with Crippen LogP contribution in [0.3, 0.4) is 0 Å². The lowest BCUT2D eigenvalue weighted by Crippen LogP contribution is -2.73. The predicted molar refractivity (Wildman–Crippen MR) is 126 cm³/mol. The monoisotopic (exact) mass is 524 g/mol. The average molecular weight is 525 g/mol. The van der Waals surface area contributed by atoms with Gasteiger partial charge in [0.1, 0.15) is 0 Å². The zero-order valence-electron chi connectivity index (χ0n) is 17.8. The molecule has 4 atom stereocenters. The second-order valence-corrected chi connectivity index (χ2v) is 8.81. The molecule has 3 aromatic rings. The van der Waals surface area contributed by atoms with E-state index in [4.69, 9.17) is 4.74 Å². The van der Waals surface area contributed by atoms with Crippen LogP contribution in [-0.2, 0) is 4.74 Å². The van der Waals surface area contributed by atoms with Crippen LogP contribution in [0.5, 0.6) is 0 Å². The molecule has 4 rings (SSSR count). The Morgan fingerprint density at radius 1 is 0.706 bits per heavy atom. The maximum atomic E-state index is 13.8. The summed E-state index contributed by atoms with van der Waals surface area (Å²) >= 11 is 3.06. The molecule has 3 aromatic carbocycles. The van der Waals surface area contributed by atoms with Gasteiger partial charge in [-0.1, -0.05) is 107 Å². The van der Waals surface area contributed by atoms with E-state index in [1.807, 2.05) is 0 Å². The van der Waals surface area contributed by atoms with Gasteiger partial charge in [0.2, 0.25) is 28.6 Å². The number of halogens is 1. The molecule has 1 heterocycles. The van der Waals surface area contributed by atoms with Crippen molar-refractivity contribution in [2.45, 2.75) is 21.8 Å². The lowest BCUT2D eigenvalue weighted by molar-refractivity contribution is -0.125. The van der Waals surface area contributed by atoms with Crippen molar-refractivity contribution in [3.05, 3.63) is 108 Å². The fourth-order valence-corrected chi connectivity index (χ4v) is 5.17. The van der Waals surface area contributed by atoms with Gasteiger partial charge < -0.3 is 20.1 Å². The van der Waals surface area contributed by atoms with Gasteiger partial charge in [-0.05, 0) is 0 Å². The van der Waals surface area contributed by atoms with E-state index in [9.17, 15) is 29.7 Å². The number of carbonyl (C=O) groups excluding carboxylic acids is 3. The van der Waals surface area contributed by atoms with Crippen molar-refractivity contribution in [3.8, 4) is 0 Å². The fraction of sp³-hybridized carbons (Fsp3) is 0.192. The molecular weight excluding hydrogens is 504 g/mol. The van der Waals surface area contributed by atoms with Crippen molar-refractivity contribution in [2.75, 3.05) is 6.61 Å². The van der Waals surface area contributed by atoms with E-state index in [-0.39, 0.29) is 16.7 Å². The molecule has 1 fully saturated rings. The second kappa shape index (κ2) is 8.98. The molecule has 0 aromatic heterocycles. The number of benzene rings is 3. The van der Waals surface area contributed by atoms with Crippen molar-refractivity contribution < 1.29 is 34.4 Å². The van der Waals surface area contributed by atoms with Gasteiger partial charge in [0, 0.05) is 16.7 Å². The topological polar surface area (TPSA) is 121 Å². The Balaban J connectivity index is 2.00. The number of hydrogen-bond acceptors (Lipinski definition) is 7. The van der Waals surface area contributed by atoms with Crippen LogP contribution in [0.1, 0.15) is 31.1 Å². The molecular formula is C26H21BrO7. The average Bonchev–Trinajstić information content (AvgIpc) is 3.08. The summed E-state index contributed by atoms with van der Waals surface area (Å²) in [6.07, 6.45) is 0. The van der Waals surface area contributed by atoms with Crippen LogP contribution in [0.15, 0.2) is 91.0 Å². The number of hydrogen-bond donors (Lipinski definition) is 3. The minimum Gasteiger partial charge on any atom is -0.393 e. The lowest BCUT2D eigenvalue weighted by Gasteiger charge is -2.42. The van der Waals surface area contributed by atoms with Crippen molar-refractivity contribution in [2.24, 2.45) is 0 Å². The molecule has 0 spiro atoms. The molecule has 1 unspecified atom stereocenters. The first-order valence-electron chi connectivity index (χ1n) is 10.4. The molecule has 0 amide bonds. The van der Waals surface area contributed by atoms with Gasteiger partial charge >= 0.3 is 0 Å². The van der Waals surface area contributed by atoms with E-state index < -0.39 is 45.8 Å². The molecule has 8 heteroatoms. The minimum absolute atomic E-state index is 0.00643. The molecule has 0 bridgehead atoms. The number of alkyl halides is 1. The molecule has 1 saturated heterocycles. The third-order valence-corrected chi connectivity index (χ3v) is 6.99. The number of ketones is 3. The van der Waals surface area contributed by atoms with Crippen LogP contribution in [0.4, 0.5) is 0 Å². The van der Waals surface area contributed by atoms with E-state index in [1.54, 1.807) is 42.5 Å². The van der Waals surface area contributed by atoms with E-state index >= 15 is 0 Å². The minimum atomic E-state index is -3.20. The Morgan fingerprint density at radius 2 is 1.09 bits per heavy atom. The maximum absolute atomic E-state index is 13.8. The summed E-state index contributed by atoms with van der Waals surface area (Å²) < 4.78 is 5.71. The Morgan fingerprint density at radius 3 is 1.50 bits per heavy atom. The Kier molecular flexibility index (Phi) is 6.37. The second-order valence-electron chi connectivity index (χ2n) is 7.98. The van der Waals surface area contributed by atoms with Gasteiger partial charge in [-0.3, -0.25) is 14.4 Å². The number of rotatable bonds is 7. The summed E-state index contributed by atoms with van der Waals surface area (Å²) in [4.78, 5) is 41.2. The summed E-state index contributed by atoms with van der Waals surface area (Å²) in [7, 11) is 0. The molecule has 0 aliphatic carbocycles. The molecule has 3 N–H and O–H groups in total. The predicted octanol–water partition coefficient (Wildman–Crippen LogP) is 2.58. The first-order valence-corrected chi connectivity index (χ1v) is 11.3. The van der Waals surface area contributed by atoms with E-state index in [2.05, 4.69) is 15.9 Å². The maximum Gasteiger partial charge on any atom is 0.206 e. The lowest BCUT2D eigenvalue weighted by atomic mass is 9.65. The highest BCUT2D eigenvalue weighted by Crippen LogP contribution is 2.53. The number of carbonyl (C=O) groups is 3. The van der Waals surface area contributed by atoms with Crippen LogP contribution >= 0.6 is 15.9 Å². The van der Waals surface area contributed by atoms with E-state index in [0.29, 0.717) is 0 Å². The summed E-state index contributed by atoms with van der Waals surface area (Å²) in [5.74, 6) is -3.18. The number of ether oxygens (including phenoxy) is 1. The normalized spacial score (nSPS) is 28.4. The number of aliphatic hydroxyl groups is 3. The highest BCUT2D eigenvalue weighted by atomic mass is 79.9. The first kappa shape index (κ1) is 24.1. The summed E-state index contributed by atoms with van der Waals surface area (Å²) in [5, 5.41) is 32.7. The van der Waals surface area contributed by atoms with Crippen LogP contribution in [-0.4, -0.2) is 61.1 Å². The SMILES string of the molecule is O=C(c1ccccc1)[C@@]1(O)[C@](CO)(C(=O)c2ccccc2)OC(Br)[C@@]1(O)C(=O)c1ccccc1. The summed E-state index contributed by atoms with van der Waals surface area (Å²) in [6.45, 7) is -1.19. The fourth-order valence-electron chi connectivity index (χ4n) is 4.32. The van der Waals surface area contributed by atoms with Gasteiger partial charge in [-0.15, -0.1) is 0 Å². The Hall–Kier alpha value is -3.01. The highest BCUT2D eigenvalue weighted by Gasteiger charge is 2.81. The van der Waals surface area contributed by atoms with Gasteiger partial charge in [0.25, 0.3) is 0 Å². The summed E-state index contributed by atoms with van der Waals surface area (Å²) in [5.41, 5.74) is -8.99. The van der Waals surface area contributed by atoms with Crippen LogP contribution < -0.4 is 0 Å². The van der Waals surface area contributed by atoms with Crippen molar-refractivity contribution in [1.29, 1.82) is 0 Å². The van der Waals surface area contributed by atoms with E-state index in [1.165, 1.54) is 48.5 Å². The molecule has 174 valence electrons. The highest BCUT2D eigenvalue weighted by molar-refractivity contribution is 9.09. The molecule has 0 radical (unpaired) electrons. The molecule has 1 aliphatic heterocycles. The molecule has 34 heavy (non-hydrogen) atoms. The Labute approximate surface area is 203 Å². The zero-order chi connectivity index (χ0) is 24.6. The van der Waals surface area contributed by atoms with Crippen molar-refractivity contribution >= 4 is 33.3 Å². The standard InChI is InChI=1S/C26H21BrO7/c27-23-25(32,21(30)18-12-6-2-7-13-18)26(33,22(31)19-14-8-3-9-15-19)24(16-28,34-23)20(29)17-10-4-1-5-11-17/h1-15,23,28,32-33H,16H2/t23?,24-,25-,26+/m0/s1. The first-order chi connectivity index (χ1) is 16.2.